The van der Waals surface area contributed by atoms with Crippen molar-refractivity contribution in [1.29, 1.82) is 0 Å². The predicted octanol–water partition coefficient (Wildman–Crippen LogP) is 6.14. The van der Waals surface area contributed by atoms with Crippen LogP contribution in [-0.4, -0.2) is 89.5 Å². The highest BCUT2D eigenvalue weighted by Gasteiger charge is 2.28. The number of benzene rings is 1. The van der Waals surface area contributed by atoms with E-state index in [1.807, 2.05) is 60.5 Å². The Hall–Kier alpha value is -4.73. The first-order chi connectivity index (χ1) is 23.0. The number of H-pyrrole nitrogens is 1. The number of carbonyl (C=O) groups excluding carboxylic acids is 3. The smallest absolute Gasteiger partial charge is 0.407 e. The number of ether oxygens (including phenoxy) is 3. The molecule has 0 aliphatic carbocycles. The van der Waals surface area contributed by atoms with Crippen LogP contribution in [-0.2, 0) is 19.0 Å². The van der Waals surface area contributed by atoms with Crippen LogP contribution in [0.15, 0.2) is 17.5 Å². The Morgan fingerprint density at radius 1 is 1.10 bits per heavy atom. The number of aromatic nitrogens is 4. The minimum Gasteiger partial charge on any atom is -0.462 e. The zero-order valence-corrected chi connectivity index (χ0v) is 30.2. The number of thiazole rings is 1. The maximum Gasteiger partial charge on any atom is 0.407 e. The van der Waals surface area contributed by atoms with E-state index < -0.39 is 17.7 Å². The Labute approximate surface area is 288 Å². The van der Waals surface area contributed by atoms with E-state index in [1.165, 1.54) is 23.5 Å². The van der Waals surface area contributed by atoms with Crippen molar-refractivity contribution < 1.29 is 33.0 Å². The summed E-state index contributed by atoms with van der Waals surface area (Å²) in [6.45, 7) is 14.6. The average molecular weight is 701 g/mol. The number of hydrogen-bond donors (Lipinski definition) is 3. The van der Waals surface area contributed by atoms with E-state index in [1.54, 1.807) is 12.3 Å². The molecule has 4 aromatic rings. The second-order valence-electron chi connectivity index (χ2n) is 13.6. The maximum absolute atomic E-state index is 14.8. The number of hydrogen-bond acceptors (Lipinski definition) is 13. The van der Waals surface area contributed by atoms with Crippen molar-refractivity contribution in [2.45, 2.75) is 78.6 Å². The number of esters is 1. The molecule has 4 heterocycles. The quantitative estimate of drug-likeness (QED) is 0.109. The second kappa shape index (κ2) is 15.2. The number of alkyl carbamates (subject to hydrolysis) is 1. The van der Waals surface area contributed by atoms with Gasteiger partial charge in [-0.15, -0.1) is 11.3 Å². The van der Waals surface area contributed by atoms with Crippen molar-refractivity contribution >= 4 is 74.4 Å². The third-order valence-electron chi connectivity index (χ3n) is 7.09. The summed E-state index contributed by atoms with van der Waals surface area (Å²) in [7, 11) is 3.71. The van der Waals surface area contributed by atoms with Gasteiger partial charge >= 0.3 is 12.1 Å². The van der Waals surface area contributed by atoms with Gasteiger partial charge in [0.1, 0.15) is 28.5 Å². The Kier molecular flexibility index (Phi) is 11.5. The summed E-state index contributed by atoms with van der Waals surface area (Å²) in [5, 5.41) is 9.48. The monoisotopic (exact) mass is 700 g/mol. The van der Waals surface area contributed by atoms with Gasteiger partial charge in [0.15, 0.2) is 10.8 Å². The van der Waals surface area contributed by atoms with Crippen molar-refractivity contribution in [3.8, 4) is 0 Å². The van der Waals surface area contributed by atoms with E-state index in [-0.39, 0.29) is 35.7 Å². The molecule has 1 amide bonds. The number of halogens is 1. The minimum atomic E-state index is -0.578. The van der Waals surface area contributed by atoms with Gasteiger partial charge in [0, 0.05) is 44.0 Å². The standard InChI is InChI=1S/C28H35FN8O4S.C5H10O2/c1-7-40-24(38)18-14-42-26(31-18)35-25-33-22-20(17-12-15(29)13-19(36(5)6)21(17)32-22)23(34-25)37-10-8-16(9-11-37)30-27(39)41-28(2,3)4;1-5(2,3)7-4-6/h12-14,16H,7-11H2,1-6H3,(H,30,39)(H2,31,32,33,34,35);4H,1-3H3. The van der Waals surface area contributed by atoms with Crippen LogP contribution in [0.3, 0.4) is 0 Å². The topological polar surface area (TPSA) is 164 Å². The molecule has 16 heteroatoms. The van der Waals surface area contributed by atoms with Crippen LogP contribution < -0.4 is 20.4 Å². The zero-order chi connectivity index (χ0) is 36.1. The summed E-state index contributed by atoms with van der Waals surface area (Å²) in [6, 6.07) is 2.91. The molecule has 3 N–H and O–H groups in total. The number of amides is 1. The molecule has 1 aliphatic rings. The normalized spacial score (nSPS) is 13.8. The van der Waals surface area contributed by atoms with Crippen LogP contribution >= 0.6 is 11.3 Å². The molecule has 0 unspecified atom stereocenters. The molecule has 1 aliphatic heterocycles. The number of fused-ring (bicyclic) bond motifs is 3. The molecule has 14 nitrogen and oxygen atoms in total. The highest BCUT2D eigenvalue weighted by Crippen LogP contribution is 2.38. The SMILES string of the molecule is CC(C)(C)OC=O.CCOC(=O)c1csc(Nc2nc(N3CCC(NC(=O)OC(C)(C)C)CC3)c3c(n2)[nH]c2c(N(C)C)cc(F)cc23)n1. The van der Waals surface area contributed by atoms with Gasteiger partial charge in [-0.2, -0.15) is 9.97 Å². The summed E-state index contributed by atoms with van der Waals surface area (Å²) < 4.78 is 29.8. The van der Waals surface area contributed by atoms with Crippen molar-refractivity contribution in [3.05, 3.63) is 29.0 Å². The van der Waals surface area contributed by atoms with Crippen LogP contribution in [0.2, 0.25) is 0 Å². The van der Waals surface area contributed by atoms with Crippen LogP contribution in [0.1, 0.15) is 71.8 Å². The highest BCUT2D eigenvalue weighted by atomic mass is 32.1. The number of aromatic amines is 1. The van der Waals surface area contributed by atoms with Gasteiger partial charge in [-0.1, -0.05) is 0 Å². The first-order valence-electron chi connectivity index (χ1n) is 15.9. The second-order valence-corrected chi connectivity index (χ2v) is 14.4. The average Bonchev–Trinajstić information content (AvgIpc) is 3.60. The molecule has 5 rings (SSSR count). The number of rotatable bonds is 8. The van der Waals surface area contributed by atoms with Gasteiger partial charge in [-0.3, -0.25) is 10.1 Å². The summed E-state index contributed by atoms with van der Waals surface area (Å²) in [5.74, 6) is 0.0296. The van der Waals surface area contributed by atoms with E-state index in [9.17, 15) is 18.8 Å². The molecule has 49 heavy (non-hydrogen) atoms. The van der Waals surface area contributed by atoms with Crippen LogP contribution in [0.5, 0.6) is 0 Å². The van der Waals surface area contributed by atoms with Gasteiger partial charge in [0.05, 0.1) is 23.2 Å². The zero-order valence-electron chi connectivity index (χ0n) is 29.4. The Balaban J connectivity index is 0.000000698. The van der Waals surface area contributed by atoms with Crippen molar-refractivity contribution in [3.63, 3.8) is 0 Å². The molecule has 1 fully saturated rings. The summed E-state index contributed by atoms with van der Waals surface area (Å²) in [5.41, 5.74) is 1.25. The Morgan fingerprint density at radius 3 is 2.37 bits per heavy atom. The molecule has 0 radical (unpaired) electrons. The lowest BCUT2D eigenvalue weighted by Gasteiger charge is -2.34. The molecule has 1 aromatic carbocycles. The fourth-order valence-corrected chi connectivity index (χ4v) is 5.72. The lowest BCUT2D eigenvalue weighted by molar-refractivity contribution is -0.138. The van der Waals surface area contributed by atoms with E-state index in [2.05, 4.69) is 30.2 Å². The number of anilines is 4. The molecule has 1 saturated heterocycles. The molecular weight excluding hydrogens is 655 g/mol. The van der Waals surface area contributed by atoms with E-state index in [0.29, 0.717) is 65.5 Å². The summed E-state index contributed by atoms with van der Waals surface area (Å²) in [6.07, 6.45) is 0.899. The summed E-state index contributed by atoms with van der Waals surface area (Å²) in [4.78, 5) is 55.2. The predicted molar refractivity (Wildman–Crippen MR) is 189 cm³/mol. The minimum absolute atomic E-state index is 0.0524. The van der Waals surface area contributed by atoms with Crippen LogP contribution in [0.4, 0.5) is 31.8 Å². The molecule has 3 aromatic heterocycles. The number of piperidine rings is 1. The maximum atomic E-state index is 14.8. The van der Waals surface area contributed by atoms with Gasteiger partial charge < -0.3 is 34.3 Å². The third-order valence-corrected chi connectivity index (χ3v) is 7.85. The number of carbonyl (C=O) groups is 3. The van der Waals surface area contributed by atoms with Crippen LogP contribution in [0, 0.1) is 5.82 Å². The van der Waals surface area contributed by atoms with Crippen LogP contribution in [0.25, 0.3) is 21.9 Å². The van der Waals surface area contributed by atoms with E-state index in [4.69, 9.17) is 19.4 Å². The fourth-order valence-electron chi connectivity index (χ4n) is 5.04. The molecule has 0 saturated carbocycles. The third kappa shape index (κ3) is 9.90. The largest absolute Gasteiger partial charge is 0.462 e. The van der Waals surface area contributed by atoms with Gasteiger partial charge in [0.25, 0.3) is 6.47 Å². The lowest BCUT2D eigenvalue weighted by atomic mass is 10.0. The molecular formula is C33H45FN8O6S. The van der Waals surface area contributed by atoms with Crippen molar-refractivity contribution in [1.82, 2.24) is 25.3 Å². The van der Waals surface area contributed by atoms with Crippen molar-refractivity contribution in [2.24, 2.45) is 0 Å². The van der Waals surface area contributed by atoms with E-state index >= 15 is 0 Å². The number of nitrogens with zero attached hydrogens (tertiary/aromatic N) is 5. The van der Waals surface area contributed by atoms with Gasteiger partial charge in [-0.05, 0) is 73.4 Å². The number of nitrogens with one attached hydrogen (secondary N) is 3. The molecule has 266 valence electrons. The van der Waals surface area contributed by atoms with Gasteiger partial charge in [0.2, 0.25) is 5.95 Å². The summed E-state index contributed by atoms with van der Waals surface area (Å²) >= 11 is 1.23. The molecule has 0 atom stereocenters. The first-order valence-corrected chi connectivity index (χ1v) is 16.8. The fraction of sp³-hybridized carbons (Fsp3) is 0.515. The Morgan fingerprint density at radius 2 is 1.80 bits per heavy atom. The lowest BCUT2D eigenvalue weighted by Crippen LogP contribution is -2.46. The first kappa shape index (κ1) is 37.1. The highest BCUT2D eigenvalue weighted by molar-refractivity contribution is 7.14. The Bertz CT molecular complexity index is 1790. The molecule has 0 bridgehead atoms. The van der Waals surface area contributed by atoms with Crippen molar-refractivity contribution in [2.75, 3.05) is 48.9 Å². The molecule has 0 spiro atoms. The van der Waals surface area contributed by atoms with Gasteiger partial charge in [-0.25, -0.2) is 19.0 Å². The van der Waals surface area contributed by atoms with E-state index in [0.717, 1.165) is 5.52 Å².